The average molecular weight is 254 g/mol. The number of aryl methyl sites for hydroxylation is 1. The lowest BCUT2D eigenvalue weighted by Gasteiger charge is -2.20. The van der Waals surface area contributed by atoms with E-state index in [4.69, 9.17) is 0 Å². The number of alkyl carbamates (subject to hydrolysis) is 1. The van der Waals surface area contributed by atoms with E-state index in [0.717, 1.165) is 5.69 Å². The van der Waals surface area contributed by atoms with E-state index in [-0.39, 0.29) is 5.91 Å². The molecule has 0 aliphatic heterocycles. The molecule has 0 saturated carbocycles. The number of hydrogen-bond acceptors (Lipinski definition) is 4. The summed E-state index contributed by atoms with van der Waals surface area (Å²) >= 11 is 0. The second-order valence-corrected chi connectivity index (χ2v) is 4.06. The monoisotopic (exact) mass is 254 g/mol. The van der Waals surface area contributed by atoms with Crippen molar-refractivity contribution in [2.75, 3.05) is 14.2 Å². The Morgan fingerprint density at radius 1 is 1.61 bits per heavy atom. The maximum atomic E-state index is 11.9. The van der Waals surface area contributed by atoms with Gasteiger partial charge in [0.05, 0.1) is 13.7 Å². The Kier molecular flexibility index (Phi) is 4.70. The number of nitrogens with zero attached hydrogens (tertiary/aromatic N) is 2. The van der Waals surface area contributed by atoms with E-state index >= 15 is 0 Å². The Hall–Kier alpha value is -2.05. The molecule has 0 saturated heterocycles. The number of likely N-dealkylation sites (N-methyl/N-ethyl adjacent to an activating group) is 1. The zero-order chi connectivity index (χ0) is 13.7. The molecular weight excluding hydrogens is 236 g/mol. The zero-order valence-electron chi connectivity index (χ0n) is 11.0. The van der Waals surface area contributed by atoms with Crippen LogP contribution in [0.1, 0.15) is 18.4 Å². The largest absolute Gasteiger partial charge is 0.453 e. The summed E-state index contributed by atoms with van der Waals surface area (Å²) in [6.07, 6.45) is 1.07. The lowest BCUT2D eigenvalue weighted by molar-refractivity contribution is -0.132. The summed E-state index contributed by atoms with van der Waals surface area (Å²) in [7, 11) is 2.90. The minimum Gasteiger partial charge on any atom is -0.453 e. The predicted molar refractivity (Wildman–Crippen MR) is 64.8 cm³/mol. The molecule has 0 bridgehead atoms. The van der Waals surface area contributed by atoms with E-state index in [9.17, 15) is 9.59 Å². The van der Waals surface area contributed by atoms with Gasteiger partial charge in [-0.15, -0.1) is 0 Å². The standard InChI is InChI=1S/C11H18N4O3/c1-7-5-12-9(13-7)6-15(3)10(16)8(2)14-11(17)18-4/h5,8H,6H2,1-4H3,(H,12,13)(H,14,17). The van der Waals surface area contributed by atoms with Gasteiger partial charge in [-0.3, -0.25) is 4.79 Å². The molecule has 0 fully saturated rings. The van der Waals surface area contributed by atoms with Gasteiger partial charge in [-0.2, -0.15) is 0 Å². The summed E-state index contributed by atoms with van der Waals surface area (Å²) in [5, 5.41) is 2.42. The Labute approximate surface area is 106 Å². The third-order valence-corrected chi connectivity index (χ3v) is 2.41. The fourth-order valence-corrected chi connectivity index (χ4v) is 1.48. The van der Waals surface area contributed by atoms with Crippen LogP contribution in [0.3, 0.4) is 0 Å². The summed E-state index contributed by atoms with van der Waals surface area (Å²) in [6, 6.07) is -0.640. The van der Waals surface area contributed by atoms with Gasteiger partial charge >= 0.3 is 6.09 Å². The van der Waals surface area contributed by atoms with Crippen LogP contribution in [-0.2, 0) is 16.1 Å². The minimum atomic E-state index is -0.640. The van der Waals surface area contributed by atoms with Crippen molar-refractivity contribution in [3.63, 3.8) is 0 Å². The highest BCUT2D eigenvalue weighted by atomic mass is 16.5. The molecule has 0 radical (unpaired) electrons. The van der Waals surface area contributed by atoms with Crippen molar-refractivity contribution in [1.29, 1.82) is 0 Å². The number of aromatic amines is 1. The van der Waals surface area contributed by atoms with Crippen LogP contribution in [-0.4, -0.2) is 47.1 Å². The normalized spacial score (nSPS) is 11.8. The second-order valence-electron chi connectivity index (χ2n) is 4.06. The summed E-state index contributed by atoms with van der Waals surface area (Å²) in [6.45, 7) is 3.85. The maximum absolute atomic E-state index is 11.9. The van der Waals surface area contributed by atoms with E-state index < -0.39 is 12.1 Å². The third kappa shape index (κ3) is 3.76. The Bertz CT molecular complexity index is 430. The van der Waals surface area contributed by atoms with Crippen molar-refractivity contribution in [2.24, 2.45) is 0 Å². The van der Waals surface area contributed by atoms with Crippen molar-refractivity contribution in [3.8, 4) is 0 Å². The molecule has 18 heavy (non-hydrogen) atoms. The lowest BCUT2D eigenvalue weighted by atomic mass is 10.3. The van der Waals surface area contributed by atoms with Crippen molar-refractivity contribution in [2.45, 2.75) is 26.4 Å². The van der Waals surface area contributed by atoms with Gasteiger partial charge in [0.2, 0.25) is 5.91 Å². The number of imidazole rings is 1. The number of carbonyl (C=O) groups excluding carboxylic acids is 2. The number of hydrogen-bond donors (Lipinski definition) is 2. The van der Waals surface area contributed by atoms with Gasteiger partial charge in [0.25, 0.3) is 0 Å². The van der Waals surface area contributed by atoms with Crippen LogP contribution >= 0.6 is 0 Å². The first kappa shape index (κ1) is 14.0. The third-order valence-electron chi connectivity index (χ3n) is 2.41. The predicted octanol–water partition coefficient (Wildman–Crippen LogP) is 0.421. The molecule has 7 nitrogen and oxygen atoms in total. The molecule has 2 amide bonds. The molecule has 1 atom stereocenters. The van der Waals surface area contributed by atoms with E-state index in [0.29, 0.717) is 12.4 Å². The Morgan fingerprint density at radius 2 is 2.28 bits per heavy atom. The van der Waals surface area contributed by atoms with Crippen molar-refractivity contribution >= 4 is 12.0 Å². The lowest BCUT2D eigenvalue weighted by Crippen LogP contribution is -2.45. The summed E-state index contributed by atoms with van der Waals surface area (Å²) in [5.74, 6) is 0.489. The minimum absolute atomic E-state index is 0.213. The fourth-order valence-electron chi connectivity index (χ4n) is 1.48. The molecule has 100 valence electrons. The molecule has 7 heteroatoms. The van der Waals surface area contributed by atoms with Gasteiger partial charge in [-0.05, 0) is 13.8 Å². The van der Waals surface area contributed by atoms with E-state index in [1.165, 1.54) is 12.0 Å². The van der Waals surface area contributed by atoms with Crippen LogP contribution in [0.15, 0.2) is 6.20 Å². The van der Waals surface area contributed by atoms with Crippen molar-refractivity contribution in [3.05, 3.63) is 17.7 Å². The number of nitrogens with one attached hydrogen (secondary N) is 2. The number of methoxy groups -OCH3 is 1. The van der Waals surface area contributed by atoms with Gasteiger partial charge in [0, 0.05) is 18.9 Å². The molecule has 1 aromatic rings. The van der Waals surface area contributed by atoms with Crippen LogP contribution in [0.4, 0.5) is 4.79 Å². The highest BCUT2D eigenvalue weighted by Crippen LogP contribution is 2.01. The number of aromatic nitrogens is 2. The second kappa shape index (κ2) is 6.04. The zero-order valence-corrected chi connectivity index (χ0v) is 11.0. The van der Waals surface area contributed by atoms with Gasteiger partial charge in [-0.1, -0.05) is 0 Å². The average Bonchev–Trinajstić information content (AvgIpc) is 2.73. The van der Waals surface area contributed by atoms with Gasteiger partial charge in [0.15, 0.2) is 0 Å². The number of carbonyl (C=O) groups is 2. The summed E-state index contributed by atoms with van der Waals surface area (Å²) in [4.78, 5) is 31.5. The van der Waals surface area contributed by atoms with Gasteiger partial charge in [-0.25, -0.2) is 9.78 Å². The van der Waals surface area contributed by atoms with E-state index in [1.807, 2.05) is 6.92 Å². The molecule has 1 heterocycles. The molecule has 0 aliphatic carbocycles. The number of ether oxygens (including phenoxy) is 1. The van der Waals surface area contributed by atoms with Crippen LogP contribution in [0, 0.1) is 6.92 Å². The molecule has 2 N–H and O–H groups in total. The van der Waals surface area contributed by atoms with Crippen LogP contribution in [0.25, 0.3) is 0 Å². The molecule has 1 unspecified atom stereocenters. The summed E-state index contributed by atoms with van der Waals surface area (Å²) in [5.41, 5.74) is 0.937. The molecular formula is C11H18N4O3. The van der Waals surface area contributed by atoms with Crippen LogP contribution in [0.5, 0.6) is 0 Å². The first-order valence-corrected chi connectivity index (χ1v) is 5.54. The highest BCUT2D eigenvalue weighted by molar-refractivity contribution is 5.84. The molecule has 0 aromatic carbocycles. The molecule has 1 rings (SSSR count). The van der Waals surface area contributed by atoms with Gasteiger partial charge in [0.1, 0.15) is 11.9 Å². The number of amides is 2. The number of rotatable bonds is 4. The van der Waals surface area contributed by atoms with Crippen LogP contribution in [0.2, 0.25) is 0 Å². The van der Waals surface area contributed by atoms with Crippen molar-refractivity contribution in [1.82, 2.24) is 20.2 Å². The first-order valence-electron chi connectivity index (χ1n) is 5.54. The van der Waals surface area contributed by atoms with Gasteiger partial charge < -0.3 is 19.9 Å². The molecule has 0 spiro atoms. The van der Waals surface area contributed by atoms with E-state index in [2.05, 4.69) is 20.0 Å². The molecule has 1 aromatic heterocycles. The summed E-state index contributed by atoms with van der Waals surface area (Å²) < 4.78 is 4.43. The highest BCUT2D eigenvalue weighted by Gasteiger charge is 2.20. The van der Waals surface area contributed by atoms with Crippen molar-refractivity contribution < 1.29 is 14.3 Å². The smallest absolute Gasteiger partial charge is 0.407 e. The SMILES string of the molecule is COC(=O)NC(C)C(=O)N(C)Cc1ncc(C)[nH]1. The maximum Gasteiger partial charge on any atom is 0.407 e. The van der Waals surface area contributed by atoms with E-state index in [1.54, 1.807) is 20.2 Å². The fraction of sp³-hybridized carbons (Fsp3) is 0.545. The Balaban J connectivity index is 2.52. The quantitative estimate of drug-likeness (QED) is 0.815. The number of H-pyrrole nitrogens is 1. The molecule has 0 aliphatic rings. The topological polar surface area (TPSA) is 87.3 Å². The van der Waals surface area contributed by atoms with Crippen LogP contribution < -0.4 is 5.32 Å². The Morgan fingerprint density at radius 3 is 2.78 bits per heavy atom. The first-order chi connectivity index (χ1) is 8.43.